The normalized spacial score (nSPS) is 14.2. The summed E-state index contributed by atoms with van der Waals surface area (Å²) in [5, 5.41) is 20.3. The van der Waals surface area contributed by atoms with Crippen molar-refractivity contribution in [3.63, 3.8) is 0 Å². The molecule has 1 rings (SSSR count). The summed E-state index contributed by atoms with van der Waals surface area (Å²) >= 11 is 0. The summed E-state index contributed by atoms with van der Waals surface area (Å²) in [6.45, 7) is 9.19. The van der Waals surface area contributed by atoms with E-state index in [9.17, 15) is 0 Å². The third-order valence-electron chi connectivity index (χ3n) is 1.97. The molecule has 0 saturated carbocycles. The van der Waals surface area contributed by atoms with E-state index in [1.807, 2.05) is 10.9 Å². The Morgan fingerprint density at radius 2 is 2.20 bits per heavy atom. The van der Waals surface area contributed by atoms with Crippen molar-refractivity contribution in [1.29, 1.82) is 0 Å². The summed E-state index contributed by atoms with van der Waals surface area (Å²) in [5.41, 5.74) is 0.862. The molecule has 0 bridgehead atoms. The molecule has 0 aliphatic heterocycles. The zero-order chi connectivity index (χ0) is 11.5. The van der Waals surface area contributed by atoms with Crippen LogP contribution in [0.3, 0.4) is 0 Å². The molecule has 1 heterocycles. The van der Waals surface area contributed by atoms with Gasteiger partial charge in [-0.3, -0.25) is 0 Å². The van der Waals surface area contributed by atoms with E-state index in [1.54, 1.807) is 6.92 Å². The van der Waals surface area contributed by atoms with E-state index in [-0.39, 0.29) is 11.6 Å². The van der Waals surface area contributed by atoms with Crippen LogP contribution in [0, 0.1) is 0 Å². The molecule has 0 aliphatic rings. The second kappa shape index (κ2) is 4.72. The Bertz CT molecular complexity index is 301. The van der Waals surface area contributed by atoms with Crippen molar-refractivity contribution >= 4 is 0 Å². The van der Waals surface area contributed by atoms with E-state index in [2.05, 4.69) is 36.4 Å². The van der Waals surface area contributed by atoms with Crippen LogP contribution in [0.25, 0.3) is 0 Å². The quantitative estimate of drug-likeness (QED) is 0.763. The fourth-order valence-corrected chi connectivity index (χ4v) is 1.12. The highest BCUT2D eigenvalue weighted by Crippen LogP contribution is 2.11. The third-order valence-corrected chi connectivity index (χ3v) is 1.97. The van der Waals surface area contributed by atoms with Crippen LogP contribution in [0.1, 0.15) is 33.4 Å². The van der Waals surface area contributed by atoms with Crippen molar-refractivity contribution in [3.05, 3.63) is 11.9 Å². The van der Waals surface area contributed by atoms with Crippen LogP contribution < -0.4 is 5.32 Å². The first-order valence-corrected chi connectivity index (χ1v) is 5.20. The Balaban J connectivity index is 2.47. The van der Waals surface area contributed by atoms with Crippen LogP contribution in [0.5, 0.6) is 0 Å². The van der Waals surface area contributed by atoms with Crippen molar-refractivity contribution in [2.45, 2.75) is 45.9 Å². The van der Waals surface area contributed by atoms with Crippen LogP contribution in [0.15, 0.2) is 6.20 Å². The summed E-state index contributed by atoms with van der Waals surface area (Å²) in [7, 11) is 0. The molecule has 0 radical (unpaired) electrons. The Labute approximate surface area is 90.5 Å². The molecule has 1 unspecified atom stereocenters. The van der Waals surface area contributed by atoms with Gasteiger partial charge in [0.2, 0.25) is 0 Å². The van der Waals surface area contributed by atoms with Crippen LogP contribution in [0.2, 0.25) is 0 Å². The number of nitrogens with one attached hydrogen (secondary N) is 1. The predicted molar refractivity (Wildman–Crippen MR) is 58.4 cm³/mol. The van der Waals surface area contributed by atoms with Crippen molar-refractivity contribution < 1.29 is 5.11 Å². The van der Waals surface area contributed by atoms with Gasteiger partial charge in [-0.1, -0.05) is 5.21 Å². The molecule has 5 heteroatoms. The Hall–Kier alpha value is -0.940. The van der Waals surface area contributed by atoms with Crippen LogP contribution in [0.4, 0.5) is 0 Å². The van der Waals surface area contributed by atoms with Gasteiger partial charge in [-0.2, -0.15) is 0 Å². The van der Waals surface area contributed by atoms with E-state index in [0.717, 1.165) is 5.69 Å². The smallest absolute Gasteiger partial charge is 0.0965 e. The molecule has 0 spiro atoms. The number of hydrogen-bond acceptors (Lipinski definition) is 4. The lowest BCUT2D eigenvalue weighted by molar-refractivity contribution is 0.191. The van der Waals surface area contributed by atoms with Gasteiger partial charge in [0.25, 0.3) is 0 Å². The van der Waals surface area contributed by atoms with Gasteiger partial charge in [-0.05, 0) is 27.7 Å². The lowest BCUT2D eigenvalue weighted by Crippen LogP contribution is -2.24. The average Bonchev–Trinajstić information content (AvgIpc) is 2.51. The zero-order valence-corrected chi connectivity index (χ0v) is 9.86. The van der Waals surface area contributed by atoms with E-state index in [0.29, 0.717) is 13.1 Å². The molecule has 5 nitrogen and oxygen atoms in total. The first-order valence-electron chi connectivity index (χ1n) is 5.20. The maximum Gasteiger partial charge on any atom is 0.0965 e. The second-order valence-electron chi connectivity index (χ2n) is 4.81. The fraction of sp³-hybridized carbons (Fsp3) is 0.800. The molecule has 0 amide bonds. The van der Waals surface area contributed by atoms with Crippen LogP contribution in [-0.4, -0.2) is 32.7 Å². The summed E-state index contributed by atoms with van der Waals surface area (Å²) in [6.07, 6.45) is 1.59. The minimum Gasteiger partial charge on any atom is -0.392 e. The minimum atomic E-state index is -0.331. The highest BCUT2D eigenvalue weighted by molar-refractivity contribution is 4.94. The maximum atomic E-state index is 9.06. The fourth-order valence-electron chi connectivity index (χ4n) is 1.12. The minimum absolute atomic E-state index is 0.0322. The predicted octanol–water partition coefficient (Wildman–Crippen LogP) is 0.503. The molecule has 0 aromatic carbocycles. The molecule has 0 saturated heterocycles. The summed E-state index contributed by atoms with van der Waals surface area (Å²) in [4.78, 5) is 0. The zero-order valence-electron chi connectivity index (χ0n) is 9.86. The Morgan fingerprint density at radius 1 is 1.53 bits per heavy atom. The largest absolute Gasteiger partial charge is 0.392 e. The standard InChI is InChI=1S/C10H20N4O/c1-8(15)5-11-6-9-7-14(13-12-9)10(2,3)4/h7-8,11,15H,5-6H2,1-4H3. The van der Waals surface area contributed by atoms with Crippen molar-refractivity contribution in [2.24, 2.45) is 0 Å². The lowest BCUT2D eigenvalue weighted by atomic mass is 10.1. The topological polar surface area (TPSA) is 63.0 Å². The Kier molecular flexibility index (Phi) is 3.82. The van der Waals surface area contributed by atoms with Crippen molar-refractivity contribution in [2.75, 3.05) is 6.54 Å². The molecule has 1 aromatic heterocycles. The van der Waals surface area contributed by atoms with Gasteiger partial charge < -0.3 is 10.4 Å². The second-order valence-corrected chi connectivity index (χ2v) is 4.81. The molecule has 1 aromatic rings. The molecular formula is C10H20N4O. The van der Waals surface area contributed by atoms with E-state index >= 15 is 0 Å². The van der Waals surface area contributed by atoms with Crippen molar-refractivity contribution in [3.8, 4) is 0 Å². The summed E-state index contributed by atoms with van der Waals surface area (Å²) in [5.74, 6) is 0. The lowest BCUT2D eigenvalue weighted by Gasteiger charge is -2.17. The number of aliphatic hydroxyl groups excluding tert-OH is 1. The number of aromatic nitrogens is 3. The Morgan fingerprint density at radius 3 is 2.67 bits per heavy atom. The summed E-state index contributed by atoms with van der Waals surface area (Å²) < 4.78 is 1.84. The van der Waals surface area contributed by atoms with Gasteiger partial charge in [0.1, 0.15) is 0 Å². The van der Waals surface area contributed by atoms with Crippen molar-refractivity contribution in [1.82, 2.24) is 20.3 Å². The highest BCUT2D eigenvalue weighted by atomic mass is 16.3. The van der Waals surface area contributed by atoms with Crippen LogP contribution >= 0.6 is 0 Å². The average molecular weight is 212 g/mol. The summed E-state index contributed by atoms with van der Waals surface area (Å²) in [6, 6.07) is 0. The molecule has 15 heavy (non-hydrogen) atoms. The van der Waals surface area contributed by atoms with Gasteiger partial charge in [0.15, 0.2) is 0 Å². The van der Waals surface area contributed by atoms with Gasteiger partial charge in [0.05, 0.1) is 23.5 Å². The highest BCUT2D eigenvalue weighted by Gasteiger charge is 2.14. The van der Waals surface area contributed by atoms with Gasteiger partial charge in [-0.15, -0.1) is 5.10 Å². The first kappa shape index (κ1) is 12.1. The molecule has 86 valence electrons. The molecule has 0 aliphatic carbocycles. The molecule has 2 N–H and O–H groups in total. The number of rotatable bonds is 4. The maximum absolute atomic E-state index is 9.06. The van der Waals surface area contributed by atoms with Crippen LogP contribution in [-0.2, 0) is 12.1 Å². The van der Waals surface area contributed by atoms with Gasteiger partial charge in [0, 0.05) is 13.1 Å². The van der Waals surface area contributed by atoms with E-state index in [4.69, 9.17) is 5.11 Å². The van der Waals surface area contributed by atoms with E-state index in [1.165, 1.54) is 0 Å². The molecule has 1 atom stereocenters. The van der Waals surface area contributed by atoms with Gasteiger partial charge >= 0.3 is 0 Å². The third kappa shape index (κ3) is 3.97. The molecular weight excluding hydrogens is 192 g/mol. The number of nitrogens with zero attached hydrogens (tertiary/aromatic N) is 3. The molecule has 0 fully saturated rings. The van der Waals surface area contributed by atoms with E-state index < -0.39 is 0 Å². The van der Waals surface area contributed by atoms with Gasteiger partial charge in [-0.25, -0.2) is 4.68 Å². The number of hydrogen-bond donors (Lipinski definition) is 2. The number of aliphatic hydroxyl groups is 1. The SMILES string of the molecule is CC(O)CNCc1cn(C(C)(C)C)nn1. The first-order chi connectivity index (χ1) is 6.89. The monoisotopic (exact) mass is 212 g/mol.